The van der Waals surface area contributed by atoms with Gasteiger partial charge in [0.05, 0.1) is 0 Å². The number of carbonyl (C=O) groups excluding carboxylic acids is 2. The first-order valence-corrected chi connectivity index (χ1v) is 8.67. The maximum atomic E-state index is 12.1. The molecule has 0 aliphatic heterocycles. The molecule has 0 fully saturated rings. The van der Waals surface area contributed by atoms with E-state index in [0.29, 0.717) is 25.1 Å². The fraction of sp³-hybridized carbons (Fsp3) is 0.526. The number of rotatable bonds is 9. The number of carbonyl (C=O) groups is 3. The largest absolute Gasteiger partial charge is 0.479 e. The van der Waals surface area contributed by atoms with E-state index in [4.69, 9.17) is 0 Å². The van der Waals surface area contributed by atoms with Gasteiger partial charge in [0.25, 0.3) is 0 Å². The topological polar surface area (TPSA) is 86.7 Å². The highest BCUT2D eigenvalue weighted by Crippen LogP contribution is 2.18. The van der Waals surface area contributed by atoms with Crippen LogP contribution >= 0.6 is 0 Å². The number of carboxylic acid groups (broad SMARTS) is 1. The molecule has 1 rings (SSSR count). The van der Waals surface area contributed by atoms with E-state index in [1.54, 1.807) is 17.0 Å². The van der Waals surface area contributed by atoms with Gasteiger partial charge in [0.15, 0.2) is 6.04 Å². The first kappa shape index (κ1) is 20.7. The Kier molecular flexibility index (Phi) is 8.11. The lowest BCUT2D eigenvalue weighted by Crippen LogP contribution is -2.34. The molecule has 1 unspecified atom stereocenters. The lowest BCUT2D eigenvalue weighted by molar-refractivity contribution is -0.142. The fourth-order valence-electron chi connectivity index (χ4n) is 2.60. The molecule has 0 bridgehead atoms. The predicted octanol–water partition coefficient (Wildman–Crippen LogP) is 2.58. The van der Waals surface area contributed by atoms with Crippen LogP contribution in [0.1, 0.15) is 55.8 Å². The summed E-state index contributed by atoms with van der Waals surface area (Å²) in [6.07, 6.45) is 0.818. The molecule has 0 saturated carbocycles. The predicted molar refractivity (Wildman–Crippen MR) is 96.2 cm³/mol. The van der Waals surface area contributed by atoms with Crippen molar-refractivity contribution in [1.29, 1.82) is 0 Å². The Labute approximate surface area is 149 Å². The minimum Gasteiger partial charge on any atom is -0.479 e. The summed E-state index contributed by atoms with van der Waals surface area (Å²) in [6.45, 7) is 8.97. The summed E-state index contributed by atoms with van der Waals surface area (Å²) in [5.41, 5.74) is 2.58. The van der Waals surface area contributed by atoms with Gasteiger partial charge < -0.3 is 15.3 Å². The zero-order valence-electron chi connectivity index (χ0n) is 15.5. The van der Waals surface area contributed by atoms with Gasteiger partial charge in [-0.05, 0) is 50.8 Å². The van der Waals surface area contributed by atoms with Gasteiger partial charge in [0, 0.05) is 25.9 Å². The number of aryl methyl sites for hydroxylation is 2. The van der Waals surface area contributed by atoms with Crippen molar-refractivity contribution in [1.82, 2.24) is 10.2 Å². The van der Waals surface area contributed by atoms with Gasteiger partial charge in [-0.1, -0.05) is 18.2 Å². The van der Waals surface area contributed by atoms with Gasteiger partial charge in [-0.3, -0.25) is 9.59 Å². The van der Waals surface area contributed by atoms with Crippen LogP contribution in [0.25, 0.3) is 0 Å². The minimum atomic E-state index is -1.10. The smallest absolute Gasteiger partial charge is 0.330 e. The second kappa shape index (κ2) is 9.81. The van der Waals surface area contributed by atoms with Crippen LogP contribution in [0.3, 0.4) is 0 Å². The van der Waals surface area contributed by atoms with E-state index in [1.165, 1.54) is 0 Å². The number of hydrogen-bond acceptors (Lipinski definition) is 3. The van der Waals surface area contributed by atoms with Gasteiger partial charge in [-0.2, -0.15) is 0 Å². The van der Waals surface area contributed by atoms with Gasteiger partial charge in [-0.15, -0.1) is 0 Å². The maximum absolute atomic E-state index is 12.1. The lowest BCUT2D eigenvalue weighted by Gasteiger charge is -2.19. The van der Waals surface area contributed by atoms with E-state index in [-0.39, 0.29) is 24.7 Å². The van der Waals surface area contributed by atoms with Crippen LogP contribution in [0.15, 0.2) is 18.2 Å². The molecule has 6 heteroatoms. The van der Waals surface area contributed by atoms with E-state index in [9.17, 15) is 19.5 Å². The number of benzene rings is 1. The Morgan fingerprint density at radius 1 is 1.08 bits per heavy atom. The van der Waals surface area contributed by atoms with Crippen LogP contribution in [0.5, 0.6) is 0 Å². The SMILES string of the molecule is CCN(CC)C(=O)CCCC(=O)NC(C(=O)O)c1ccc(C)c(C)c1. The number of nitrogens with one attached hydrogen (secondary N) is 1. The molecule has 2 amide bonds. The quantitative estimate of drug-likeness (QED) is 0.718. The normalized spacial score (nSPS) is 11.7. The van der Waals surface area contributed by atoms with Crippen molar-refractivity contribution >= 4 is 17.8 Å². The van der Waals surface area contributed by atoms with Gasteiger partial charge in [-0.25, -0.2) is 4.79 Å². The van der Waals surface area contributed by atoms with Crippen molar-refractivity contribution in [3.8, 4) is 0 Å². The van der Waals surface area contributed by atoms with Gasteiger partial charge in [0.1, 0.15) is 0 Å². The molecule has 0 aliphatic rings. The zero-order valence-corrected chi connectivity index (χ0v) is 15.5. The Bertz CT molecular complexity index is 624. The number of amides is 2. The third-order valence-corrected chi connectivity index (χ3v) is 4.33. The van der Waals surface area contributed by atoms with E-state index in [2.05, 4.69) is 5.32 Å². The Balaban J connectivity index is 2.61. The number of carboxylic acids is 1. The van der Waals surface area contributed by atoms with E-state index in [1.807, 2.05) is 33.8 Å². The van der Waals surface area contributed by atoms with Crippen LogP contribution in [0.4, 0.5) is 0 Å². The summed E-state index contributed by atoms with van der Waals surface area (Å²) in [5, 5.41) is 12.0. The first-order valence-electron chi connectivity index (χ1n) is 8.67. The average Bonchev–Trinajstić information content (AvgIpc) is 2.56. The molecular formula is C19H28N2O4. The highest BCUT2D eigenvalue weighted by molar-refractivity contribution is 5.85. The van der Waals surface area contributed by atoms with Crippen molar-refractivity contribution in [2.75, 3.05) is 13.1 Å². The van der Waals surface area contributed by atoms with Gasteiger partial charge >= 0.3 is 5.97 Å². The number of aliphatic carboxylic acids is 1. The first-order chi connectivity index (χ1) is 11.8. The average molecular weight is 348 g/mol. The molecule has 138 valence electrons. The summed E-state index contributed by atoms with van der Waals surface area (Å²) >= 11 is 0. The highest BCUT2D eigenvalue weighted by atomic mass is 16.4. The maximum Gasteiger partial charge on any atom is 0.330 e. The highest BCUT2D eigenvalue weighted by Gasteiger charge is 2.22. The standard InChI is InChI=1S/C19H28N2O4/c1-5-21(6-2)17(23)9-7-8-16(22)20-18(19(24)25)15-11-10-13(3)14(4)12-15/h10-12,18H,5-9H2,1-4H3,(H,20,22)(H,24,25). The Hall–Kier alpha value is -2.37. The van der Waals surface area contributed by atoms with Crippen LogP contribution in [-0.2, 0) is 14.4 Å². The molecule has 0 saturated heterocycles. The summed E-state index contributed by atoms with van der Waals surface area (Å²) in [7, 11) is 0. The minimum absolute atomic E-state index is 0.0155. The molecule has 1 aromatic rings. The molecule has 6 nitrogen and oxygen atoms in total. The number of hydrogen-bond donors (Lipinski definition) is 2. The Morgan fingerprint density at radius 3 is 2.24 bits per heavy atom. The van der Waals surface area contributed by atoms with E-state index in [0.717, 1.165) is 11.1 Å². The molecular weight excluding hydrogens is 320 g/mol. The third-order valence-electron chi connectivity index (χ3n) is 4.33. The van der Waals surface area contributed by atoms with Crippen molar-refractivity contribution < 1.29 is 19.5 Å². The van der Waals surface area contributed by atoms with E-state index < -0.39 is 12.0 Å². The molecule has 1 aromatic carbocycles. The summed E-state index contributed by atoms with van der Waals surface area (Å²) in [4.78, 5) is 37.2. The molecule has 0 aliphatic carbocycles. The summed E-state index contributed by atoms with van der Waals surface area (Å²) in [5.74, 6) is -1.45. The van der Waals surface area contributed by atoms with Crippen LogP contribution in [-0.4, -0.2) is 40.9 Å². The Morgan fingerprint density at radius 2 is 1.72 bits per heavy atom. The third kappa shape index (κ3) is 6.21. The molecule has 0 spiro atoms. The summed E-state index contributed by atoms with van der Waals surface area (Å²) < 4.78 is 0. The van der Waals surface area contributed by atoms with Crippen LogP contribution < -0.4 is 5.32 Å². The van der Waals surface area contributed by atoms with Crippen molar-refractivity contribution in [3.05, 3.63) is 34.9 Å². The van der Waals surface area contributed by atoms with Crippen LogP contribution in [0.2, 0.25) is 0 Å². The molecule has 0 heterocycles. The molecule has 0 aromatic heterocycles. The molecule has 0 radical (unpaired) electrons. The van der Waals surface area contributed by atoms with E-state index >= 15 is 0 Å². The lowest BCUT2D eigenvalue weighted by atomic mass is 10.0. The molecule has 1 atom stereocenters. The van der Waals surface area contributed by atoms with Crippen molar-refractivity contribution in [3.63, 3.8) is 0 Å². The summed E-state index contributed by atoms with van der Waals surface area (Å²) in [6, 6.07) is 4.25. The fourth-order valence-corrected chi connectivity index (χ4v) is 2.60. The molecule has 2 N–H and O–H groups in total. The second-order valence-electron chi connectivity index (χ2n) is 6.10. The molecule has 25 heavy (non-hydrogen) atoms. The van der Waals surface area contributed by atoms with Crippen molar-refractivity contribution in [2.24, 2.45) is 0 Å². The monoisotopic (exact) mass is 348 g/mol. The second-order valence-corrected chi connectivity index (χ2v) is 6.10. The van der Waals surface area contributed by atoms with Gasteiger partial charge in [0.2, 0.25) is 11.8 Å². The zero-order chi connectivity index (χ0) is 19.0. The van der Waals surface area contributed by atoms with Crippen molar-refractivity contribution in [2.45, 2.75) is 53.0 Å². The number of nitrogens with zero attached hydrogens (tertiary/aromatic N) is 1. The van der Waals surface area contributed by atoms with Crippen LogP contribution in [0, 0.1) is 13.8 Å².